The van der Waals surface area contributed by atoms with Gasteiger partial charge in [0.05, 0.1) is 11.5 Å². The van der Waals surface area contributed by atoms with Crippen LogP contribution in [0.25, 0.3) is 0 Å². The van der Waals surface area contributed by atoms with Crippen LogP contribution in [0.1, 0.15) is 32.3 Å². The number of sulfone groups is 1. The van der Waals surface area contributed by atoms with Crippen LogP contribution in [0.15, 0.2) is 24.3 Å². The molecule has 1 aliphatic heterocycles. The highest BCUT2D eigenvalue weighted by molar-refractivity contribution is 7.91. The topological polar surface area (TPSA) is 46.2 Å². The van der Waals surface area contributed by atoms with Crippen molar-refractivity contribution in [3.63, 3.8) is 0 Å². The fourth-order valence-corrected chi connectivity index (χ4v) is 4.75. The molecular weight excluding hydrogens is 306 g/mol. The van der Waals surface area contributed by atoms with E-state index in [9.17, 15) is 8.42 Å². The molecule has 0 aromatic heterocycles. The normalized spacial score (nSPS) is 22.1. The first-order valence-corrected chi connectivity index (χ1v) is 9.64. The lowest BCUT2D eigenvalue weighted by molar-refractivity contribution is 0.314. The summed E-state index contributed by atoms with van der Waals surface area (Å²) in [4.78, 5) is 0. The van der Waals surface area contributed by atoms with Crippen molar-refractivity contribution >= 4 is 21.4 Å². The standard InChI is InChI=1S/C16H24ClNO2S/c1-16(2,10-13-5-3-6-14(17)9-13)12-18-15-7-4-8-21(19,20)11-15/h3,5-6,9,15,18H,4,7-8,10-12H2,1-2H3. The number of rotatable bonds is 5. The Morgan fingerprint density at radius 1 is 1.38 bits per heavy atom. The van der Waals surface area contributed by atoms with Crippen LogP contribution in [0.4, 0.5) is 0 Å². The van der Waals surface area contributed by atoms with E-state index >= 15 is 0 Å². The summed E-state index contributed by atoms with van der Waals surface area (Å²) in [5.74, 6) is 0.622. The lowest BCUT2D eigenvalue weighted by Gasteiger charge is -2.30. The first-order valence-electron chi connectivity index (χ1n) is 7.44. The molecule has 2 rings (SSSR count). The zero-order chi connectivity index (χ0) is 15.5. The molecule has 5 heteroatoms. The van der Waals surface area contributed by atoms with E-state index in [1.165, 1.54) is 5.56 Å². The summed E-state index contributed by atoms with van der Waals surface area (Å²) in [6.07, 6.45) is 2.64. The van der Waals surface area contributed by atoms with Crippen molar-refractivity contribution in [1.29, 1.82) is 0 Å². The SMILES string of the molecule is CC(C)(CNC1CCCS(=O)(=O)C1)Cc1cccc(Cl)c1. The van der Waals surface area contributed by atoms with Crippen LogP contribution in [0, 0.1) is 5.41 Å². The van der Waals surface area contributed by atoms with Crippen molar-refractivity contribution in [2.75, 3.05) is 18.1 Å². The summed E-state index contributed by atoms with van der Waals surface area (Å²) in [5, 5.41) is 4.20. The van der Waals surface area contributed by atoms with Gasteiger partial charge in [-0.15, -0.1) is 0 Å². The molecule has 3 nitrogen and oxygen atoms in total. The van der Waals surface area contributed by atoms with Gasteiger partial charge in [-0.05, 0) is 42.4 Å². The second-order valence-corrected chi connectivity index (χ2v) is 9.47. The van der Waals surface area contributed by atoms with Crippen LogP contribution < -0.4 is 5.32 Å². The molecule has 1 heterocycles. The van der Waals surface area contributed by atoms with Gasteiger partial charge in [0.1, 0.15) is 0 Å². The average molecular weight is 330 g/mol. The Hall–Kier alpha value is -0.580. The van der Waals surface area contributed by atoms with Gasteiger partial charge in [0, 0.05) is 17.6 Å². The first-order chi connectivity index (χ1) is 9.76. The second kappa shape index (κ2) is 6.67. The zero-order valence-corrected chi connectivity index (χ0v) is 14.3. The van der Waals surface area contributed by atoms with Gasteiger partial charge >= 0.3 is 0 Å². The van der Waals surface area contributed by atoms with E-state index in [1.807, 2.05) is 18.2 Å². The van der Waals surface area contributed by atoms with Gasteiger partial charge in [-0.1, -0.05) is 37.6 Å². The molecule has 1 fully saturated rings. The lowest BCUT2D eigenvalue weighted by Crippen LogP contribution is -2.44. The van der Waals surface area contributed by atoms with Crippen molar-refractivity contribution in [2.24, 2.45) is 5.41 Å². The summed E-state index contributed by atoms with van der Waals surface area (Å²) in [6.45, 7) is 5.19. The smallest absolute Gasteiger partial charge is 0.151 e. The van der Waals surface area contributed by atoms with Crippen LogP contribution in [0.2, 0.25) is 5.02 Å². The summed E-state index contributed by atoms with van der Waals surface area (Å²) in [6, 6.07) is 8.02. The quantitative estimate of drug-likeness (QED) is 0.903. The lowest BCUT2D eigenvalue weighted by atomic mass is 9.85. The Bertz CT molecular complexity index is 584. The summed E-state index contributed by atoms with van der Waals surface area (Å²) in [7, 11) is -2.84. The van der Waals surface area contributed by atoms with Crippen LogP contribution in [0.5, 0.6) is 0 Å². The van der Waals surface area contributed by atoms with E-state index in [0.29, 0.717) is 5.75 Å². The van der Waals surface area contributed by atoms with Crippen molar-refractivity contribution in [2.45, 2.75) is 39.2 Å². The molecule has 0 radical (unpaired) electrons. The van der Waals surface area contributed by atoms with Crippen LogP contribution in [-0.4, -0.2) is 32.5 Å². The molecule has 0 aliphatic carbocycles. The van der Waals surface area contributed by atoms with E-state index in [2.05, 4.69) is 25.2 Å². The molecule has 1 unspecified atom stereocenters. The monoisotopic (exact) mass is 329 g/mol. The fourth-order valence-electron chi connectivity index (χ4n) is 2.87. The van der Waals surface area contributed by atoms with Gasteiger partial charge in [-0.2, -0.15) is 0 Å². The Kier molecular flexibility index (Phi) is 5.33. The second-order valence-electron chi connectivity index (χ2n) is 6.81. The van der Waals surface area contributed by atoms with Crippen molar-refractivity contribution < 1.29 is 8.42 Å². The Labute approximate surface area is 133 Å². The molecule has 1 N–H and O–H groups in total. The first kappa shape index (κ1) is 16.8. The summed E-state index contributed by atoms with van der Waals surface area (Å²) >= 11 is 6.02. The van der Waals surface area contributed by atoms with Gasteiger partial charge in [-0.25, -0.2) is 8.42 Å². The maximum Gasteiger partial charge on any atom is 0.151 e. The third kappa shape index (κ3) is 5.61. The van der Waals surface area contributed by atoms with E-state index in [-0.39, 0.29) is 17.2 Å². The van der Waals surface area contributed by atoms with Crippen molar-refractivity contribution in [3.05, 3.63) is 34.9 Å². The largest absolute Gasteiger partial charge is 0.312 e. The van der Waals surface area contributed by atoms with Gasteiger partial charge in [-0.3, -0.25) is 0 Å². The van der Waals surface area contributed by atoms with Gasteiger partial charge in [0.2, 0.25) is 0 Å². The minimum Gasteiger partial charge on any atom is -0.312 e. The maximum atomic E-state index is 11.7. The molecule has 1 aromatic rings. The van der Waals surface area contributed by atoms with Gasteiger partial charge in [0.15, 0.2) is 9.84 Å². The Morgan fingerprint density at radius 2 is 2.14 bits per heavy atom. The number of hydrogen-bond donors (Lipinski definition) is 1. The number of halogens is 1. The Morgan fingerprint density at radius 3 is 2.81 bits per heavy atom. The minimum atomic E-state index is -2.84. The summed E-state index contributed by atoms with van der Waals surface area (Å²) in [5.41, 5.74) is 1.27. The molecule has 0 amide bonds. The summed E-state index contributed by atoms with van der Waals surface area (Å²) < 4.78 is 23.3. The molecule has 0 spiro atoms. The van der Waals surface area contributed by atoms with Crippen LogP contribution in [-0.2, 0) is 16.3 Å². The molecule has 1 atom stereocenters. The highest BCUT2D eigenvalue weighted by Gasteiger charge is 2.26. The molecule has 0 bridgehead atoms. The van der Waals surface area contributed by atoms with E-state index in [0.717, 1.165) is 30.8 Å². The van der Waals surface area contributed by atoms with Crippen molar-refractivity contribution in [3.8, 4) is 0 Å². The number of nitrogens with one attached hydrogen (secondary N) is 1. The predicted octanol–water partition coefficient (Wildman–Crippen LogP) is 3.08. The molecule has 1 saturated heterocycles. The van der Waals surface area contributed by atoms with E-state index in [1.54, 1.807) is 0 Å². The average Bonchev–Trinajstić information content (AvgIpc) is 2.35. The molecule has 0 saturated carbocycles. The molecule has 1 aromatic carbocycles. The molecule has 1 aliphatic rings. The van der Waals surface area contributed by atoms with Gasteiger partial charge in [0.25, 0.3) is 0 Å². The minimum absolute atomic E-state index is 0.0614. The highest BCUT2D eigenvalue weighted by atomic mass is 35.5. The third-order valence-electron chi connectivity index (χ3n) is 3.90. The maximum absolute atomic E-state index is 11.7. The van der Waals surface area contributed by atoms with Crippen LogP contribution >= 0.6 is 11.6 Å². The third-order valence-corrected chi connectivity index (χ3v) is 5.96. The van der Waals surface area contributed by atoms with E-state index < -0.39 is 9.84 Å². The fraction of sp³-hybridized carbons (Fsp3) is 0.625. The van der Waals surface area contributed by atoms with Gasteiger partial charge < -0.3 is 5.32 Å². The molecular formula is C16H24ClNO2S. The molecule has 118 valence electrons. The zero-order valence-electron chi connectivity index (χ0n) is 12.7. The van der Waals surface area contributed by atoms with E-state index in [4.69, 9.17) is 11.6 Å². The highest BCUT2D eigenvalue weighted by Crippen LogP contribution is 2.23. The predicted molar refractivity (Wildman–Crippen MR) is 88.6 cm³/mol. The Balaban J connectivity index is 1.89. The molecule has 21 heavy (non-hydrogen) atoms. The van der Waals surface area contributed by atoms with Crippen molar-refractivity contribution in [1.82, 2.24) is 5.32 Å². The number of hydrogen-bond acceptors (Lipinski definition) is 3. The van der Waals surface area contributed by atoms with Crippen LogP contribution in [0.3, 0.4) is 0 Å². The number of benzene rings is 1.